The third kappa shape index (κ3) is 2.16. The van der Waals surface area contributed by atoms with Crippen molar-refractivity contribution in [3.8, 4) is 0 Å². The molecule has 2 atom stereocenters. The third-order valence-corrected chi connectivity index (χ3v) is 3.11. The van der Waals surface area contributed by atoms with Gasteiger partial charge in [-0.3, -0.25) is 0 Å². The number of hydrogen-bond donors (Lipinski definition) is 1. The first-order valence-corrected chi connectivity index (χ1v) is 5.41. The normalized spacial score (nSPS) is 37.6. The summed E-state index contributed by atoms with van der Waals surface area (Å²) >= 11 is 0. The second-order valence-electron chi connectivity index (χ2n) is 4.22. The number of rotatable bonds is 3. The van der Waals surface area contributed by atoms with E-state index in [1.807, 2.05) is 6.08 Å². The van der Waals surface area contributed by atoms with Crippen LogP contribution in [0.1, 0.15) is 19.3 Å². The first kappa shape index (κ1) is 10.1. The van der Waals surface area contributed by atoms with Crippen molar-refractivity contribution in [3.05, 3.63) is 12.7 Å². The minimum absolute atomic E-state index is 0.0249. The van der Waals surface area contributed by atoms with E-state index in [4.69, 9.17) is 9.47 Å². The van der Waals surface area contributed by atoms with Crippen LogP contribution < -0.4 is 5.32 Å². The Morgan fingerprint density at radius 2 is 2.43 bits per heavy atom. The van der Waals surface area contributed by atoms with Gasteiger partial charge >= 0.3 is 0 Å². The fourth-order valence-corrected chi connectivity index (χ4v) is 2.32. The van der Waals surface area contributed by atoms with E-state index >= 15 is 0 Å². The molecule has 0 saturated carbocycles. The summed E-state index contributed by atoms with van der Waals surface area (Å²) in [6.45, 7) is 7.10. The van der Waals surface area contributed by atoms with Gasteiger partial charge in [-0.15, -0.1) is 6.58 Å². The molecule has 2 rings (SSSR count). The largest absolute Gasteiger partial charge is 0.378 e. The standard InChI is InChI=1S/C11H19NO2/c1-2-5-12-10-3-6-14-11(8-10)4-7-13-9-11/h2,10,12H,1,3-9H2. The molecule has 0 aromatic carbocycles. The summed E-state index contributed by atoms with van der Waals surface area (Å²) in [6, 6.07) is 0.573. The van der Waals surface area contributed by atoms with E-state index in [2.05, 4.69) is 11.9 Å². The lowest BCUT2D eigenvalue weighted by atomic mass is 9.90. The number of hydrogen-bond acceptors (Lipinski definition) is 3. The van der Waals surface area contributed by atoms with Crippen LogP contribution in [-0.4, -0.2) is 38.0 Å². The van der Waals surface area contributed by atoms with Crippen LogP contribution in [0, 0.1) is 0 Å². The lowest BCUT2D eigenvalue weighted by Gasteiger charge is -2.37. The summed E-state index contributed by atoms with van der Waals surface area (Å²) in [5, 5.41) is 3.47. The van der Waals surface area contributed by atoms with Gasteiger partial charge in [-0.05, 0) is 12.8 Å². The summed E-state index contributed by atoms with van der Waals surface area (Å²) in [4.78, 5) is 0. The van der Waals surface area contributed by atoms with Gasteiger partial charge < -0.3 is 14.8 Å². The molecule has 0 aliphatic carbocycles. The van der Waals surface area contributed by atoms with Crippen LogP contribution in [0.3, 0.4) is 0 Å². The number of nitrogens with one attached hydrogen (secondary N) is 1. The van der Waals surface area contributed by atoms with Crippen molar-refractivity contribution in [2.24, 2.45) is 0 Å². The zero-order valence-electron chi connectivity index (χ0n) is 8.63. The second kappa shape index (κ2) is 4.43. The minimum Gasteiger partial charge on any atom is -0.378 e. The second-order valence-corrected chi connectivity index (χ2v) is 4.22. The molecule has 14 heavy (non-hydrogen) atoms. The highest BCUT2D eigenvalue weighted by Crippen LogP contribution is 2.32. The van der Waals surface area contributed by atoms with Gasteiger partial charge in [0.2, 0.25) is 0 Å². The molecule has 0 radical (unpaired) electrons. The molecule has 3 nitrogen and oxygen atoms in total. The van der Waals surface area contributed by atoms with Crippen LogP contribution in [0.5, 0.6) is 0 Å². The number of ether oxygens (including phenoxy) is 2. The molecule has 2 aliphatic heterocycles. The molecule has 2 fully saturated rings. The Hall–Kier alpha value is -0.380. The third-order valence-electron chi connectivity index (χ3n) is 3.11. The molecule has 1 N–H and O–H groups in total. The van der Waals surface area contributed by atoms with Gasteiger partial charge in [0.15, 0.2) is 0 Å². The van der Waals surface area contributed by atoms with Crippen molar-refractivity contribution in [1.29, 1.82) is 0 Å². The quantitative estimate of drug-likeness (QED) is 0.687. The molecular weight excluding hydrogens is 178 g/mol. The van der Waals surface area contributed by atoms with E-state index < -0.39 is 0 Å². The Balaban J connectivity index is 1.86. The van der Waals surface area contributed by atoms with E-state index in [0.29, 0.717) is 6.04 Å². The van der Waals surface area contributed by atoms with Gasteiger partial charge in [0, 0.05) is 32.2 Å². The first-order valence-electron chi connectivity index (χ1n) is 5.41. The summed E-state index contributed by atoms with van der Waals surface area (Å²) < 4.78 is 11.3. The summed E-state index contributed by atoms with van der Waals surface area (Å²) in [5.41, 5.74) is 0.0249. The lowest BCUT2D eigenvalue weighted by molar-refractivity contribution is -0.0889. The Morgan fingerprint density at radius 3 is 3.14 bits per heavy atom. The van der Waals surface area contributed by atoms with E-state index in [1.54, 1.807) is 0 Å². The van der Waals surface area contributed by atoms with Crippen LogP contribution in [0.4, 0.5) is 0 Å². The van der Waals surface area contributed by atoms with Gasteiger partial charge in [0.25, 0.3) is 0 Å². The summed E-state index contributed by atoms with van der Waals surface area (Å²) in [7, 11) is 0. The predicted molar refractivity (Wildman–Crippen MR) is 55.3 cm³/mol. The molecule has 0 aromatic heterocycles. The fourth-order valence-electron chi connectivity index (χ4n) is 2.32. The van der Waals surface area contributed by atoms with Gasteiger partial charge in [0.1, 0.15) is 0 Å². The van der Waals surface area contributed by atoms with Crippen LogP contribution in [0.25, 0.3) is 0 Å². The lowest BCUT2D eigenvalue weighted by Crippen LogP contribution is -2.47. The van der Waals surface area contributed by atoms with Crippen molar-refractivity contribution in [1.82, 2.24) is 5.32 Å². The van der Waals surface area contributed by atoms with Crippen molar-refractivity contribution in [3.63, 3.8) is 0 Å². The van der Waals surface area contributed by atoms with E-state index in [-0.39, 0.29) is 5.60 Å². The summed E-state index contributed by atoms with van der Waals surface area (Å²) in [5.74, 6) is 0. The highest BCUT2D eigenvalue weighted by molar-refractivity contribution is 4.93. The molecule has 0 aromatic rings. The molecule has 2 unspecified atom stereocenters. The average molecular weight is 197 g/mol. The Bertz CT molecular complexity index is 199. The molecule has 1 spiro atoms. The van der Waals surface area contributed by atoms with Gasteiger partial charge in [-0.25, -0.2) is 0 Å². The Kier molecular flexibility index (Phi) is 3.21. The van der Waals surface area contributed by atoms with Crippen molar-refractivity contribution < 1.29 is 9.47 Å². The van der Waals surface area contributed by atoms with Gasteiger partial charge in [-0.1, -0.05) is 6.08 Å². The van der Waals surface area contributed by atoms with Crippen LogP contribution in [-0.2, 0) is 9.47 Å². The van der Waals surface area contributed by atoms with Crippen molar-refractivity contribution in [2.75, 3.05) is 26.4 Å². The first-order chi connectivity index (χ1) is 6.85. The maximum Gasteiger partial charge on any atom is 0.0951 e. The molecule has 0 amide bonds. The van der Waals surface area contributed by atoms with Crippen LogP contribution in [0.2, 0.25) is 0 Å². The highest BCUT2D eigenvalue weighted by atomic mass is 16.6. The zero-order chi connectivity index (χ0) is 9.86. The van der Waals surface area contributed by atoms with E-state index in [0.717, 1.165) is 45.6 Å². The van der Waals surface area contributed by atoms with E-state index in [9.17, 15) is 0 Å². The van der Waals surface area contributed by atoms with Crippen LogP contribution in [0.15, 0.2) is 12.7 Å². The zero-order valence-corrected chi connectivity index (χ0v) is 8.63. The highest BCUT2D eigenvalue weighted by Gasteiger charge is 2.40. The SMILES string of the molecule is C=CCNC1CCOC2(CCOC2)C1. The molecule has 3 heteroatoms. The Labute approximate surface area is 85.5 Å². The van der Waals surface area contributed by atoms with Gasteiger partial charge in [-0.2, -0.15) is 0 Å². The monoisotopic (exact) mass is 197 g/mol. The van der Waals surface area contributed by atoms with Crippen LogP contribution >= 0.6 is 0 Å². The molecule has 80 valence electrons. The smallest absolute Gasteiger partial charge is 0.0951 e. The maximum absolute atomic E-state index is 5.85. The van der Waals surface area contributed by atoms with E-state index in [1.165, 1.54) is 0 Å². The van der Waals surface area contributed by atoms with Crippen molar-refractivity contribution >= 4 is 0 Å². The maximum atomic E-state index is 5.85. The minimum atomic E-state index is 0.0249. The molecule has 2 heterocycles. The molecule has 2 aliphatic rings. The predicted octanol–water partition coefficient (Wildman–Crippen LogP) is 1.10. The topological polar surface area (TPSA) is 30.5 Å². The summed E-state index contributed by atoms with van der Waals surface area (Å²) in [6.07, 6.45) is 5.16. The Morgan fingerprint density at radius 1 is 1.50 bits per heavy atom. The van der Waals surface area contributed by atoms with Crippen molar-refractivity contribution in [2.45, 2.75) is 30.9 Å². The molecule has 0 bridgehead atoms. The van der Waals surface area contributed by atoms with Gasteiger partial charge in [0.05, 0.1) is 12.2 Å². The molecular formula is C11H19NO2. The average Bonchev–Trinajstić information content (AvgIpc) is 2.63. The fraction of sp³-hybridized carbons (Fsp3) is 0.818. The molecule has 2 saturated heterocycles.